The molecule has 14 nitrogen and oxygen atoms in total. The highest BCUT2D eigenvalue weighted by Crippen LogP contribution is 2.49. The lowest BCUT2D eigenvalue weighted by molar-refractivity contribution is -0.141. The van der Waals surface area contributed by atoms with Gasteiger partial charge in [-0.1, -0.05) is 19.8 Å². The molecule has 0 amide bonds. The molecule has 2 rings (SSSR count). The smallest absolute Gasteiger partial charge is 0.480 e. The predicted octanol–water partition coefficient (Wildman–Crippen LogP) is 4.21. The minimum absolute atomic E-state index is 0.188. The van der Waals surface area contributed by atoms with Crippen LogP contribution in [0, 0.1) is 0 Å². The quantitative estimate of drug-likeness (QED) is 0.0981. The third-order valence-electron chi connectivity index (χ3n) is 6.47. The van der Waals surface area contributed by atoms with Gasteiger partial charge in [0.2, 0.25) is 5.96 Å². The lowest BCUT2D eigenvalue weighted by Gasteiger charge is -2.25. The lowest BCUT2D eigenvalue weighted by atomic mass is 9.98. The molecule has 39 heavy (non-hydrogen) atoms. The number of ether oxygens (including phenoxy) is 4. The molecule has 0 spiro atoms. The van der Waals surface area contributed by atoms with Crippen LogP contribution in [0.1, 0.15) is 77.6 Å². The van der Waals surface area contributed by atoms with Gasteiger partial charge >= 0.3 is 26.0 Å². The van der Waals surface area contributed by atoms with Crippen LogP contribution in [-0.2, 0) is 37.4 Å². The molecule has 0 aromatic rings. The molecule has 3 N–H and O–H groups in total. The summed E-state index contributed by atoms with van der Waals surface area (Å²) in [5, 5.41) is 9.37. The Kier molecular flexibility index (Phi) is 14.4. The van der Waals surface area contributed by atoms with E-state index in [0.29, 0.717) is 0 Å². The Morgan fingerprint density at radius 3 is 1.69 bits per heavy atom. The van der Waals surface area contributed by atoms with Gasteiger partial charge in [-0.05, 0) is 57.8 Å². The number of carbonyl (C=O) groups excluding carboxylic acids is 2. The SMILES string of the molecule is CCC(C(=O)O)N(C)C(N)=NP(=O)(OCCOC(=O)OC1CCCCC1)OCCOC(=O)OC1CCCCC1. The fourth-order valence-corrected chi connectivity index (χ4v) is 5.52. The van der Waals surface area contributed by atoms with Gasteiger partial charge in [0.15, 0.2) is 0 Å². The van der Waals surface area contributed by atoms with E-state index in [0.717, 1.165) is 69.1 Å². The van der Waals surface area contributed by atoms with Gasteiger partial charge in [0, 0.05) is 7.05 Å². The van der Waals surface area contributed by atoms with Gasteiger partial charge in [-0.3, -0.25) is 9.05 Å². The average Bonchev–Trinajstić information content (AvgIpc) is 2.90. The van der Waals surface area contributed by atoms with Crippen LogP contribution in [0.25, 0.3) is 0 Å². The molecule has 15 heteroatoms. The number of likely N-dealkylation sites (N-methyl/N-ethyl adjacent to an activating group) is 1. The van der Waals surface area contributed by atoms with Crippen LogP contribution in [0.15, 0.2) is 4.76 Å². The van der Waals surface area contributed by atoms with Crippen LogP contribution in [0.3, 0.4) is 0 Å². The Bertz CT molecular complexity index is 816. The molecule has 0 aliphatic heterocycles. The summed E-state index contributed by atoms with van der Waals surface area (Å²) in [4.78, 5) is 36.4. The summed E-state index contributed by atoms with van der Waals surface area (Å²) in [5.41, 5.74) is 5.90. The molecule has 0 radical (unpaired) electrons. The van der Waals surface area contributed by atoms with Crippen molar-refractivity contribution in [2.45, 2.75) is 95.8 Å². The molecule has 2 aliphatic carbocycles. The van der Waals surface area contributed by atoms with Gasteiger partial charge in [-0.2, -0.15) is 0 Å². The third kappa shape index (κ3) is 12.4. The Labute approximate surface area is 229 Å². The van der Waals surface area contributed by atoms with Crippen molar-refractivity contribution >= 4 is 32.0 Å². The van der Waals surface area contributed by atoms with Crippen LogP contribution in [0.2, 0.25) is 0 Å². The summed E-state index contributed by atoms with van der Waals surface area (Å²) in [6, 6.07) is -1.03. The largest absolute Gasteiger partial charge is 0.508 e. The van der Waals surface area contributed by atoms with Crippen molar-refractivity contribution < 1.29 is 52.1 Å². The van der Waals surface area contributed by atoms with E-state index >= 15 is 0 Å². The molecule has 2 fully saturated rings. The molecular weight excluding hydrogens is 537 g/mol. The summed E-state index contributed by atoms with van der Waals surface area (Å²) in [5.74, 6) is -1.55. The monoisotopic (exact) mass is 579 g/mol. The maximum atomic E-state index is 13.3. The first-order valence-electron chi connectivity index (χ1n) is 13.5. The number of nitrogens with zero attached hydrogens (tertiary/aromatic N) is 2. The molecule has 1 unspecified atom stereocenters. The van der Waals surface area contributed by atoms with Crippen LogP contribution >= 0.6 is 7.75 Å². The number of carboxylic acids is 1. The fourth-order valence-electron chi connectivity index (χ4n) is 4.33. The molecule has 0 aromatic heterocycles. The Morgan fingerprint density at radius 1 is 0.872 bits per heavy atom. The van der Waals surface area contributed by atoms with Crippen LogP contribution in [-0.4, -0.2) is 86.0 Å². The molecule has 0 bridgehead atoms. The maximum Gasteiger partial charge on any atom is 0.508 e. The zero-order chi connectivity index (χ0) is 28.7. The standard InChI is InChI=1S/C24H42N3O11P/c1-3-20(21(28)29)27(2)22(25)26-39(32,35-16-14-33-23(30)37-18-10-6-4-7-11-18)36-17-15-34-24(31)38-19-12-8-5-9-13-19/h18-20H,3-17H2,1-2H3,(H,28,29)(H2,25,26,32). The van der Waals surface area contributed by atoms with E-state index in [-0.39, 0.29) is 45.1 Å². The van der Waals surface area contributed by atoms with Gasteiger partial charge in [0.1, 0.15) is 31.5 Å². The first-order chi connectivity index (χ1) is 18.6. The van der Waals surface area contributed by atoms with E-state index in [9.17, 15) is 24.1 Å². The number of hydrogen-bond donors (Lipinski definition) is 2. The normalized spacial score (nSPS) is 18.2. The van der Waals surface area contributed by atoms with E-state index in [1.807, 2.05) is 0 Å². The fraction of sp³-hybridized carbons (Fsp3) is 0.833. The number of carboxylic acid groups (broad SMARTS) is 1. The number of rotatable bonds is 14. The molecule has 0 aromatic carbocycles. The molecule has 1 atom stereocenters. The number of hydrogen-bond acceptors (Lipinski definition) is 10. The van der Waals surface area contributed by atoms with Crippen LogP contribution in [0.4, 0.5) is 9.59 Å². The zero-order valence-corrected chi connectivity index (χ0v) is 23.7. The minimum Gasteiger partial charge on any atom is -0.480 e. The summed E-state index contributed by atoms with van der Waals surface area (Å²) >= 11 is 0. The van der Waals surface area contributed by atoms with Crippen molar-refractivity contribution in [2.75, 3.05) is 33.5 Å². The first kappa shape index (κ1) is 32.6. The number of carbonyl (C=O) groups is 3. The van der Waals surface area contributed by atoms with Crippen LogP contribution in [0.5, 0.6) is 0 Å². The van der Waals surface area contributed by atoms with Gasteiger partial charge in [0.25, 0.3) is 0 Å². The number of guanidine groups is 1. The molecule has 224 valence electrons. The van der Waals surface area contributed by atoms with Crippen molar-refractivity contribution in [3.63, 3.8) is 0 Å². The topological polar surface area (TPSA) is 186 Å². The predicted molar refractivity (Wildman–Crippen MR) is 139 cm³/mol. The minimum atomic E-state index is -4.34. The average molecular weight is 580 g/mol. The highest BCUT2D eigenvalue weighted by atomic mass is 31.2. The number of aliphatic carboxylic acids is 1. The Morgan fingerprint density at radius 2 is 1.31 bits per heavy atom. The molecule has 0 heterocycles. The van der Waals surface area contributed by atoms with E-state index in [1.54, 1.807) is 6.92 Å². The van der Waals surface area contributed by atoms with E-state index in [2.05, 4.69) is 4.76 Å². The van der Waals surface area contributed by atoms with Gasteiger partial charge in [0.05, 0.1) is 13.2 Å². The van der Waals surface area contributed by atoms with E-state index < -0.39 is 38.0 Å². The van der Waals surface area contributed by atoms with Crippen molar-refractivity contribution in [2.24, 2.45) is 10.5 Å². The lowest BCUT2D eigenvalue weighted by Crippen LogP contribution is -2.45. The second kappa shape index (κ2) is 17.2. The second-order valence-electron chi connectivity index (χ2n) is 9.42. The summed E-state index contributed by atoms with van der Waals surface area (Å²) in [7, 11) is -2.96. The van der Waals surface area contributed by atoms with E-state index in [4.69, 9.17) is 33.7 Å². The highest BCUT2D eigenvalue weighted by Gasteiger charge is 2.29. The van der Waals surface area contributed by atoms with Crippen molar-refractivity contribution in [3.05, 3.63) is 0 Å². The molecule has 2 aliphatic rings. The third-order valence-corrected chi connectivity index (χ3v) is 7.94. The zero-order valence-electron chi connectivity index (χ0n) is 22.8. The Balaban J connectivity index is 1.89. The molecular formula is C24H42N3O11P. The summed E-state index contributed by atoms with van der Waals surface area (Å²) < 4.78 is 48.2. The van der Waals surface area contributed by atoms with Crippen molar-refractivity contribution in [1.29, 1.82) is 0 Å². The molecule has 0 saturated heterocycles. The highest BCUT2D eigenvalue weighted by molar-refractivity contribution is 7.52. The van der Waals surface area contributed by atoms with Crippen molar-refractivity contribution in [3.8, 4) is 0 Å². The summed E-state index contributed by atoms with van der Waals surface area (Å²) in [6.45, 7) is 0.279. The Hall–Kier alpha value is -2.57. The van der Waals surface area contributed by atoms with Crippen molar-refractivity contribution in [1.82, 2.24) is 4.90 Å². The molecule has 2 saturated carbocycles. The second-order valence-corrected chi connectivity index (χ2v) is 11.1. The van der Waals surface area contributed by atoms with Gasteiger partial charge in [-0.25, -0.2) is 18.9 Å². The van der Waals surface area contributed by atoms with Gasteiger partial charge in [-0.15, -0.1) is 4.76 Å². The maximum absolute atomic E-state index is 13.3. The van der Waals surface area contributed by atoms with Gasteiger partial charge < -0.3 is 34.7 Å². The van der Waals surface area contributed by atoms with Crippen LogP contribution < -0.4 is 5.73 Å². The van der Waals surface area contributed by atoms with E-state index in [1.165, 1.54) is 7.05 Å². The number of nitrogens with two attached hydrogens (primary N) is 1. The summed E-state index contributed by atoms with van der Waals surface area (Å²) in [6.07, 6.45) is 7.37. The first-order valence-corrected chi connectivity index (χ1v) is 15.0.